The van der Waals surface area contributed by atoms with Crippen LogP contribution in [0.15, 0.2) is 24.3 Å². The average molecular weight is 355 g/mol. The lowest BCUT2D eigenvalue weighted by molar-refractivity contribution is -0.0148. The van der Waals surface area contributed by atoms with Crippen molar-refractivity contribution in [2.45, 2.75) is 83.7 Å². The van der Waals surface area contributed by atoms with E-state index in [0.29, 0.717) is 5.92 Å². The quantitative estimate of drug-likeness (QED) is 0.464. The summed E-state index contributed by atoms with van der Waals surface area (Å²) in [6.07, 6.45) is 8.67. The van der Waals surface area contributed by atoms with Crippen LogP contribution in [0.4, 0.5) is 0 Å². The van der Waals surface area contributed by atoms with Gasteiger partial charge in [0.05, 0.1) is 18.8 Å². The van der Waals surface area contributed by atoms with E-state index in [1.165, 1.54) is 0 Å². The summed E-state index contributed by atoms with van der Waals surface area (Å²) in [7, 11) is -1.67. The Bertz CT molecular complexity index is 423. The maximum Gasteiger partial charge on any atom is 0.191 e. The van der Waals surface area contributed by atoms with Gasteiger partial charge in [0, 0.05) is 6.61 Å². The smallest absolute Gasteiger partial charge is 0.191 e. The van der Waals surface area contributed by atoms with E-state index in [-0.39, 0.29) is 23.9 Å². The van der Waals surface area contributed by atoms with Crippen molar-refractivity contribution in [1.29, 1.82) is 0 Å². The molecule has 0 saturated carbocycles. The van der Waals surface area contributed by atoms with Gasteiger partial charge in [0.15, 0.2) is 8.32 Å². The summed E-state index contributed by atoms with van der Waals surface area (Å²) in [5, 5.41) is 9.35. The van der Waals surface area contributed by atoms with Crippen molar-refractivity contribution in [1.82, 2.24) is 0 Å². The molecule has 0 spiro atoms. The van der Waals surface area contributed by atoms with Crippen LogP contribution in [0.1, 0.15) is 53.4 Å². The van der Waals surface area contributed by atoms with Crippen LogP contribution in [0.3, 0.4) is 0 Å². The monoisotopic (exact) mass is 354 g/mol. The second-order valence-electron chi connectivity index (χ2n) is 8.81. The number of aliphatic hydroxyl groups excluding tert-OH is 1. The van der Waals surface area contributed by atoms with Crippen molar-refractivity contribution in [3.8, 4) is 0 Å². The standard InChI is InChI=1S/C20H38O3Si/c1-16(13-17(2)15-21)14-19-10-8-9-18(23-19)11-12-22-24(6,7)20(3,4)5/h8-9,16,18-19,21H,2,10-15H2,1,3-7H3. The highest BCUT2D eigenvalue weighted by atomic mass is 28.4. The first-order valence-corrected chi connectivity index (χ1v) is 12.2. The molecule has 0 aliphatic carbocycles. The highest BCUT2D eigenvalue weighted by Gasteiger charge is 2.37. The van der Waals surface area contributed by atoms with E-state index in [2.05, 4.69) is 59.5 Å². The van der Waals surface area contributed by atoms with Crippen LogP contribution in [-0.2, 0) is 9.16 Å². The molecule has 0 aromatic heterocycles. The normalized spacial score (nSPS) is 23.3. The van der Waals surface area contributed by atoms with E-state index in [1.807, 2.05) is 0 Å². The molecule has 1 heterocycles. The van der Waals surface area contributed by atoms with Crippen LogP contribution in [0.5, 0.6) is 0 Å². The third-order valence-electron chi connectivity index (χ3n) is 5.31. The topological polar surface area (TPSA) is 38.7 Å². The van der Waals surface area contributed by atoms with Crippen molar-refractivity contribution >= 4 is 8.32 Å². The zero-order valence-electron chi connectivity index (χ0n) is 16.6. The van der Waals surface area contributed by atoms with Crippen molar-refractivity contribution < 1.29 is 14.3 Å². The minimum absolute atomic E-state index is 0.0865. The first-order chi connectivity index (χ1) is 11.0. The fourth-order valence-corrected chi connectivity index (χ4v) is 3.84. The zero-order chi connectivity index (χ0) is 18.4. The van der Waals surface area contributed by atoms with E-state index in [9.17, 15) is 0 Å². The Balaban J connectivity index is 2.37. The lowest BCUT2D eigenvalue weighted by Gasteiger charge is -2.36. The van der Waals surface area contributed by atoms with Gasteiger partial charge >= 0.3 is 0 Å². The SMILES string of the molecule is C=C(CO)CC(C)CC1CC=CC(CCO[Si](C)(C)C(C)(C)C)O1. The molecule has 0 radical (unpaired) electrons. The van der Waals surface area contributed by atoms with Crippen LogP contribution in [0.2, 0.25) is 18.1 Å². The maximum absolute atomic E-state index is 9.10. The summed E-state index contributed by atoms with van der Waals surface area (Å²) in [6, 6.07) is 0. The maximum atomic E-state index is 9.10. The number of hydrogen-bond donors (Lipinski definition) is 1. The molecule has 0 aromatic carbocycles. The lowest BCUT2D eigenvalue weighted by atomic mass is 9.94. The van der Waals surface area contributed by atoms with E-state index in [4.69, 9.17) is 14.3 Å². The van der Waals surface area contributed by atoms with E-state index in [0.717, 1.165) is 37.9 Å². The van der Waals surface area contributed by atoms with Gasteiger partial charge in [0.25, 0.3) is 0 Å². The molecule has 0 saturated heterocycles. The average Bonchev–Trinajstić information content (AvgIpc) is 2.46. The van der Waals surface area contributed by atoms with Gasteiger partial charge in [0.1, 0.15) is 0 Å². The van der Waals surface area contributed by atoms with Gasteiger partial charge in [-0.05, 0) is 49.7 Å². The van der Waals surface area contributed by atoms with Gasteiger partial charge in [-0.2, -0.15) is 0 Å². The van der Waals surface area contributed by atoms with Gasteiger partial charge in [0.2, 0.25) is 0 Å². The third kappa shape index (κ3) is 7.22. The first-order valence-electron chi connectivity index (χ1n) is 9.28. The van der Waals surface area contributed by atoms with Crippen molar-refractivity contribution in [3.63, 3.8) is 0 Å². The second kappa shape index (κ2) is 9.32. The molecule has 1 N–H and O–H groups in total. The molecule has 1 aliphatic rings. The Labute approximate surface area is 150 Å². The predicted molar refractivity (Wildman–Crippen MR) is 105 cm³/mol. The first kappa shape index (κ1) is 21.6. The van der Waals surface area contributed by atoms with Crippen LogP contribution >= 0.6 is 0 Å². The van der Waals surface area contributed by atoms with Crippen molar-refractivity contribution in [2.24, 2.45) is 5.92 Å². The molecule has 4 heteroatoms. The fraction of sp³-hybridized carbons (Fsp3) is 0.800. The highest BCUT2D eigenvalue weighted by Crippen LogP contribution is 2.36. The van der Waals surface area contributed by atoms with Gasteiger partial charge in [-0.1, -0.05) is 52.0 Å². The van der Waals surface area contributed by atoms with Crippen LogP contribution in [-0.4, -0.2) is 38.8 Å². The van der Waals surface area contributed by atoms with Gasteiger partial charge in [-0.15, -0.1) is 0 Å². The molecule has 0 fully saturated rings. The summed E-state index contributed by atoms with van der Waals surface area (Å²) in [6.45, 7) is 18.4. The number of hydrogen-bond acceptors (Lipinski definition) is 3. The Morgan fingerprint density at radius 2 is 2.08 bits per heavy atom. The van der Waals surface area contributed by atoms with Crippen LogP contribution < -0.4 is 0 Å². The number of aliphatic hydroxyl groups is 1. The summed E-state index contributed by atoms with van der Waals surface area (Å²) in [5.41, 5.74) is 0.910. The fourth-order valence-electron chi connectivity index (χ4n) is 2.78. The molecule has 0 aromatic rings. The molecule has 0 bridgehead atoms. The molecule has 1 rings (SSSR count). The molecule has 24 heavy (non-hydrogen) atoms. The summed E-state index contributed by atoms with van der Waals surface area (Å²) >= 11 is 0. The summed E-state index contributed by atoms with van der Waals surface area (Å²) in [4.78, 5) is 0. The molecule has 0 amide bonds. The van der Waals surface area contributed by atoms with Crippen LogP contribution in [0, 0.1) is 5.92 Å². The van der Waals surface area contributed by atoms with Crippen molar-refractivity contribution in [2.75, 3.05) is 13.2 Å². The van der Waals surface area contributed by atoms with E-state index >= 15 is 0 Å². The molecule has 1 aliphatic heterocycles. The Kier molecular flexibility index (Phi) is 8.40. The lowest BCUT2D eigenvalue weighted by Crippen LogP contribution is -2.41. The molecule has 3 unspecified atom stereocenters. The summed E-state index contributed by atoms with van der Waals surface area (Å²) in [5.74, 6) is 0.491. The minimum atomic E-state index is -1.67. The van der Waals surface area contributed by atoms with Gasteiger partial charge < -0.3 is 14.3 Å². The number of rotatable bonds is 9. The zero-order valence-corrected chi connectivity index (χ0v) is 17.6. The van der Waals surface area contributed by atoms with E-state index in [1.54, 1.807) is 0 Å². The molecule has 3 atom stereocenters. The molecule has 140 valence electrons. The second-order valence-corrected chi connectivity index (χ2v) is 13.6. The van der Waals surface area contributed by atoms with E-state index < -0.39 is 8.32 Å². The Morgan fingerprint density at radius 1 is 1.42 bits per heavy atom. The predicted octanol–water partition coefficient (Wildman–Crippen LogP) is 5.08. The van der Waals surface area contributed by atoms with Crippen molar-refractivity contribution in [3.05, 3.63) is 24.3 Å². The summed E-state index contributed by atoms with van der Waals surface area (Å²) < 4.78 is 12.5. The highest BCUT2D eigenvalue weighted by molar-refractivity contribution is 6.74. The minimum Gasteiger partial charge on any atom is -0.417 e. The number of ether oxygens (including phenoxy) is 1. The molecular weight excluding hydrogens is 316 g/mol. The Morgan fingerprint density at radius 3 is 2.67 bits per heavy atom. The Hall–Kier alpha value is -0.423. The largest absolute Gasteiger partial charge is 0.417 e. The van der Waals surface area contributed by atoms with Crippen LogP contribution in [0.25, 0.3) is 0 Å². The van der Waals surface area contributed by atoms with Gasteiger partial charge in [-0.3, -0.25) is 0 Å². The molecule has 3 nitrogen and oxygen atoms in total. The molecular formula is C20H38O3Si. The third-order valence-corrected chi connectivity index (χ3v) is 9.85. The van der Waals surface area contributed by atoms with Gasteiger partial charge in [-0.25, -0.2) is 0 Å².